The molecule has 0 radical (unpaired) electrons. The van der Waals surface area contributed by atoms with E-state index in [1.807, 2.05) is 0 Å². The van der Waals surface area contributed by atoms with E-state index in [-0.39, 0.29) is 17.4 Å². The molecule has 0 aliphatic carbocycles. The molecule has 0 bridgehead atoms. The largest absolute Gasteiger partial charge is 0.351 e. The molecule has 10 heteroatoms. The number of benzene rings is 2. The molecule has 1 aliphatic heterocycles. The quantitative estimate of drug-likeness (QED) is 0.479. The van der Waals surface area contributed by atoms with Gasteiger partial charge in [0.25, 0.3) is 11.6 Å². The Hall–Kier alpha value is -3.11. The Morgan fingerprint density at radius 3 is 2.60 bits per heavy atom. The molecular formula is C20H20FN5O3S. The predicted molar refractivity (Wildman–Crippen MR) is 114 cm³/mol. The number of anilines is 1. The van der Waals surface area contributed by atoms with Crippen LogP contribution >= 0.6 is 11.3 Å². The number of rotatable bonds is 6. The number of non-ortho nitro benzene ring substituents is 1. The first kappa shape index (κ1) is 20.2. The van der Waals surface area contributed by atoms with Gasteiger partial charge in [0.2, 0.25) is 0 Å². The van der Waals surface area contributed by atoms with Crippen LogP contribution in [0.25, 0.3) is 10.2 Å². The monoisotopic (exact) mass is 429 g/mol. The van der Waals surface area contributed by atoms with E-state index in [0.717, 1.165) is 48.1 Å². The van der Waals surface area contributed by atoms with Crippen LogP contribution in [-0.4, -0.2) is 60.0 Å². The Morgan fingerprint density at radius 2 is 1.90 bits per heavy atom. The van der Waals surface area contributed by atoms with Crippen molar-refractivity contribution in [3.05, 3.63) is 64.0 Å². The van der Waals surface area contributed by atoms with Crippen molar-refractivity contribution in [2.75, 3.05) is 44.2 Å². The van der Waals surface area contributed by atoms with Gasteiger partial charge in [0.15, 0.2) is 5.13 Å². The molecule has 2 heterocycles. The first-order valence-corrected chi connectivity index (χ1v) is 10.4. The summed E-state index contributed by atoms with van der Waals surface area (Å²) >= 11 is 1.50. The minimum atomic E-state index is -0.492. The highest BCUT2D eigenvalue weighted by Gasteiger charge is 2.20. The standard InChI is InChI=1S/C20H20FN5O3S/c21-15-3-6-17-18(13-15)30-20(23-17)25-11-9-24(10-12-25)8-7-22-19(27)14-1-4-16(5-2-14)26(28)29/h1-6,13H,7-12H2,(H,22,27). The van der Waals surface area contributed by atoms with Gasteiger partial charge in [0.05, 0.1) is 15.1 Å². The highest BCUT2D eigenvalue weighted by Crippen LogP contribution is 2.29. The summed E-state index contributed by atoms with van der Waals surface area (Å²) in [4.78, 5) is 31.4. The summed E-state index contributed by atoms with van der Waals surface area (Å²) in [5.74, 6) is -0.497. The number of halogens is 1. The van der Waals surface area contributed by atoms with E-state index in [9.17, 15) is 19.3 Å². The van der Waals surface area contributed by atoms with E-state index in [1.54, 1.807) is 6.07 Å². The molecule has 0 atom stereocenters. The smallest absolute Gasteiger partial charge is 0.269 e. The van der Waals surface area contributed by atoms with Crippen molar-refractivity contribution in [1.82, 2.24) is 15.2 Å². The molecule has 0 saturated carbocycles. The lowest BCUT2D eigenvalue weighted by atomic mass is 10.2. The predicted octanol–water partition coefficient (Wildman–Crippen LogP) is 2.90. The third-order valence-electron chi connectivity index (χ3n) is 5.04. The summed E-state index contributed by atoms with van der Waals surface area (Å²) in [6, 6.07) is 10.2. The average molecular weight is 429 g/mol. The number of carbonyl (C=O) groups excluding carboxylic acids is 1. The molecule has 0 spiro atoms. The molecule has 30 heavy (non-hydrogen) atoms. The first-order chi connectivity index (χ1) is 14.5. The number of nitrogens with zero attached hydrogens (tertiary/aromatic N) is 4. The fourth-order valence-corrected chi connectivity index (χ4v) is 4.39. The van der Waals surface area contributed by atoms with Gasteiger partial charge in [-0.15, -0.1) is 0 Å². The number of carbonyl (C=O) groups is 1. The van der Waals surface area contributed by atoms with Crippen molar-refractivity contribution < 1.29 is 14.1 Å². The van der Waals surface area contributed by atoms with Crippen molar-refractivity contribution in [2.45, 2.75) is 0 Å². The highest BCUT2D eigenvalue weighted by molar-refractivity contribution is 7.22. The molecule has 1 fully saturated rings. The topological polar surface area (TPSA) is 91.6 Å². The Morgan fingerprint density at radius 1 is 1.17 bits per heavy atom. The number of piperazine rings is 1. The van der Waals surface area contributed by atoms with Gasteiger partial charge in [-0.25, -0.2) is 9.37 Å². The molecule has 0 unspecified atom stereocenters. The molecule has 4 rings (SSSR count). The normalized spacial score (nSPS) is 14.8. The van der Waals surface area contributed by atoms with Crippen molar-refractivity contribution in [3.8, 4) is 0 Å². The lowest BCUT2D eigenvalue weighted by Crippen LogP contribution is -2.48. The number of thiazole rings is 1. The zero-order valence-corrected chi connectivity index (χ0v) is 16.9. The van der Waals surface area contributed by atoms with E-state index in [2.05, 4.69) is 20.1 Å². The second-order valence-corrected chi connectivity index (χ2v) is 8.01. The number of hydrogen-bond donors (Lipinski definition) is 1. The van der Waals surface area contributed by atoms with Gasteiger partial charge in [0.1, 0.15) is 5.82 Å². The summed E-state index contributed by atoms with van der Waals surface area (Å²) in [5.41, 5.74) is 1.17. The number of nitro groups is 1. The van der Waals surface area contributed by atoms with Gasteiger partial charge in [-0.3, -0.25) is 19.8 Å². The maximum absolute atomic E-state index is 13.4. The summed E-state index contributed by atoms with van der Waals surface area (Å²) < 4.78 is 14.2. The molecule has 1 N–H and O–H groups in total. The Bertz CT molecular complexity index is 1060. The fourth-order valence-electron chi connectivity index (χ4n) is 3.35. The average Bonchev–Trinajstić information content (AvgIpc) is 3.17. The minimum absolute atomic E-state index is 0.0392. The Kier molecular flexibility index (Phi) is 5.86. The maximum Gasteiger partial charge on any atom is 0.269 e. The third-order valence-corrected chi connectivity index (χ3v) is 6.11. The number of hydrogen-bond acceptors (Lipinski definition) is 7. The number of nitro benzene ring substituents is 1. The van der Waals surface area contributed by atoms with Gasteiger partial charge in [0, 0.05) is 57.0 Å². The van der Waals surface area contributed by atoms with Gasteiger partial charge >= 0.3 is 0 Å². The number of fused-ring (bicyclic) bond motifs is 1. The van der Waals surface area contributed by atoms with E-state index >= 15 is 0 Å². The summed E-state index contributed by atoms with van der Waals surface area (Å²) in [7, 11) is 0. The van der Waals surface area contributed by atoms with Crippen LogP contribution in [0, 0.1) is 15.9 Å². The molecule has 1 aliphatic rings. The lowest BCUT2D eigenvalue weighted by molar-refractivity contribution is -0.384. The summed E-state index contributed by atoms with van der Waals surface area (Å²) in [5, 5.41) is 14.4. The second-order valence-electron chi connectivity index (χ2n) is 7.00. The molecule has 1 amide bonds. The molecule has 1 saturated heterocycles. The lowest BCUT2D eigenvalue weighted by Gasteiger charge is -2.34. The highest BCUT2D eigenvalue weighted by atomic mass is 32.1. The molecular weight excluding hydrogens is 409 g/mol. The van der Waals surface area contributed by atoms with E-state index < -0.39 is 4.92 Å². The van der Waals surface area contributed by atoms with Gasteiger partial charge < -0.3 is 10.2 Å². The van der Waals surface area contributed by atoms with Crippen molar-refractivity contribution in [3.63, 3.8) is 0 Å². The van der Waals surface area contributed by atoms with Crippen molar-refractivity contribution >= 4 is 38.3 Å². The summed E-state index contributed by atoms with van der Waals surface area (Å²) in [6.45, 7) is 4.54. The van der Waals surface area contributed by atoms with Crippen molar-refractivity contribution in [1.29, 1.82) is 0 Å². The van der Waals surface area contributed by atoms with Crippen LogP contribution in [-0.2, 0) is 0 Å². The zero-order valence-electron chi connectivity index (χ0n) is 16.1. The zero-order chi connectivity index (χ0) is 21.1. The third kappa shape index (κ3) is 4.55. The van der Waals surface area contributed by atoms with Crippen LogP contribution in [0.3, 0.4) is 0 Å². The minimum Gasteiger partial charge on any atom is -0.351 e. The molecule has 1 aromatic heterocycles. The van der Waals surface area contributed by atoms with Crippen LogP contribution in [0.15, 0.2) is 42.5 Å². The van der Waals surface area contributed by atoms with E-state index in [0.29, 0.717) is 12.1 Å². The second kappa shape index (κ2) is 8.72. The van der Waals surface area contributed by atoms with Crippen LogP contribution in [0.5, 0.6) is 0 Å². The molecule has 3 aromatic rings. The van der Waals surface area contributed by atoms with Gasteiger partial charge in [-0.05, 0) is 30.3 Å². The summed E-state index contributed by atoms with van der Waals surface area (Å²) in [6.07, 6.45) is 0. The van der Waals surface area contributed by atoms with Crippen molar-refractivity contribution in [2.24, 2.45) is 0 Å². The van der Waals surface area contributed by atoms with E-state index in [4.69, 9.17) is 0 Å². The fraction of sp³-hybridized carbons (Fsp3) is 0.300. The number of aromatic nitrogens is 1. The van der Waals surface area contributed by atoms with Gasteiger partial charge in [-0.1, -0.05) is 11.3 Å². The SMILES string of the molecule is O=C(NCCN1CCN(c2nc3ccc(F)cc3s2)CC1)c1ccc([N+](=O)[O-])cc1. The molecule has 8 nitrogen and oxygen atoms in total. The van der Waals surface area contributed by atoms with Gasteiger partial charge in [-0.2, -0.15) is 0 Å². The number of amides is 1. The van der Waals surface area contributed by atoms with Crippen LogP contribution in [0.4, 0.5) is 15.2 Å². The Balaban J connectivity index is 1.23. The van der Waals surface area contributed by atoms with Crippen LogP contribution in [0.1, 0.15) is 10.4 Å². The molecule has 156 valence electrons. The molecule has 2 aromatic carbocycles. The van der Waals surface area contributed by atoms with Crippen LogP contribution < -0.4 is 10.2 Å². The number of nitrogens with one attached hydrogen (secondary N) is 1. The first-order valence-electron chi connectivity index (χ1n) is 9.56. The maximum atomic E-state index is 13.4. The Labute approximate surface area is 176 Å². The van der Waals surface area contributed by atoms with E-state index in [1.165, 1.54) is 47.7 Å². The van der Waals surface area contributed by atoms with Crippen LogP contribution in [0.2, 0.25) is 0 Å².